The summed E-state index contributed by atoms with van der Waals surface area (Å²) in [5.41, 5.74) is 1.33. The third kappa shape index (κ3) is 7.77. The number of aryl methyl sites for hydroxylation is 2. The molecule has 4 heterocycles. The fourth-order valence-electron chi connectivity index (χ4n) is 6.28. The second kappa shape index (κ2) is 12.9. The van der Waals surface area contributed by atoms with Gasteiger partial charge in [-0.05, 0) is 88.8 Å². The van der Waals surface area contributed by atoms with Crippen LogP contribution in [0.1, 0.15) is 68.0 Å². The van der Waals surface area contributed by atoms with Gasteiger partial charge in [-0.3, -0.25) is 4.68 Å². The van der Waals surface area contributed by atoms with Crippen LogP contribution in [-0.4, -0.2) is 47.6 Å². The Morgan fingerprint density at radius 3 is 2.04 bits per heavy atom. The zero-order valence-electron chi connectivity index (χ0n) is 29.5. The summed E-state index contributed by atoms with van der Waals surface area (Å²) in [6.45, 7) is 9.16. The zero-order valence-corrected chi connectivity index (χ0v) is 29.5. The van der Waals surface area contributed by atoms with Crippen molar-refractivity contribution in [3.8, 4) is 11.3 Å². The van der Waals surface area contributed by atoms with Crippen molar-refractivity contribution in [2.75, 3.05) is 22.9 Å². The van der Waals surface area contributed by atoms with Crippen LogP contribution in [0.2, 0.25) is 0 Å². The lowest BCUT2D eigenvalue weighted by Gasteiger charge is -2.29. The van der Waals surface area contributed by atoms with Crippen LogP contribution in [0.15, 0.2) is 60.6 Å². The van der Waals surface area contributed by atoms with E-state index in [2.05, 4.69) is 26.0 Å². The molecular formula is C37H39F6N9. The lowest BCUT2D eigenvalue weighted by Crippen LogP contribution is -2.31. The predicted octanol–water partition coefficient (Wildman–Crippen LogP) is 8.48. The zero-order chi connectivity index (χ0) is 37.2. The van der Waals surface area contributed by atoms with Gasteiger partial charge in [0.25, 0.3) is 0 Å². The van der Waals surface area contributed by atoms with E-state index in [1.807, 2.05) is 38.4 Å². The van der Waals surface area contributed by atoms with E-state index in [4.69, 9.17) is 10.1 Å². The maximum atomic E-state index is 13.9. The highest BCUT2D eigenvalue weighted by Gasteiger charge is 2.37. The summed E-state index contributed by atoms with van der Waals surface area (Å²) in [4.78, 5) is 18.2. The fourth-order valence-corrected chi connectivity index (χ4v) is 6.28. The van der Waals surface area contributed by atoms with Gasteiger partial charge in [0, 0.05) is 68.3 Å². The molecule has 1 aromatic carbocycles. The number of hydrogen-bond acceptors (Lipinski definition) is 7. The second-order valence-corrected chi connectivity index (χ2v) is 14.8. The molecule has 4 aromatic heterocycles. The number of hydrogen-bond donors (Lipinski definition) is 0. The molecule has 52 heavy (non-hydrogen) atoms. The van der Waals surface area contributed by atoms with E-state index in [1.165, 1.54) is 5.57 Å². The maximum Gasteiger partial charge on any atom is 0.416 e. The molecule has 0 unspecified atom stereocenters. The van der Waals surface area contributed by atoms with Crippen molar-refractivity contribution in [1.29, 1.82) is 0 Å². The number of benzene rings is 1. The first kappa shape index (κ1) is 35.5. The lowest BCUT2D eigenvalue weighted by atomic mass is 10.0. The van der Waals surface area contributed by atoms with Crippen LogP contribution in [0, 0.1) is 12.8 Å². The summed E-state index contributed by atoms with van der Waals surface area (Å²) in [5.74, 6) is 1.31. The predicted molar refractivity (Wildman–Crippen MR) is 185 cm³/mol. The minimum Gasteiger partial charge on any atom is -0.352 e. The number of rotatable bonds is 11. The molecule has 1 fully saturated rings. The van der Waals surface area contributed by atoms with Crippen LogP contribution < -0.4 is 9.80 Å². The van der Waals surface area contributed by atoms with Gasteiger partial charge < -0.3 is 9.80 Å². The first-order chi connectivity index (χ1) is 24.4. The summed E-state index contributed by atoms with van der Waals surface area (Å²) >= 11 is 0. The highest BCUT2D eigenvalue weighted by Crippen LogP contribution is 2.39. The van der Waals surface area contributed by atoms with E-state index in [-0.39, 0.29) is 36.2 Å². The molecule has 0 spiro atoms. The molecule has 0 atom stereocenters. The Labute approximate surface area is 297 Å². The molecule has 1 saturated carbocycles. The Bertz CT molecular complexity index is 2100. The van der Waals surface area contributed by atoms with Crippen molar-refractivity contribution in [2.24, 2.45) is 13.0 Å². The summed E-state index contributed by atoms with van der Waals surface area (Å²) in [7, 11) is 1.77. The van der Waals surface area contributed by atoms with Crippen LogP contribution in [0.3, 0.4) is 0 Å². The topological polar surface area (TPSA) is 80.8 Å². The van der Waals surface area contributed by atoms with Crippen LogP contribution in [0.25, 0.3) is 22.3 Å². The van der Waals surface area contributed by atoms with Gasteiger partial charge in [-0.2, -0.15) is 36.5 Å². The molecule has 0 amide bonds. The molecule has 2 aliphatic rings. The SMILES string of the molecule is Cc1nn(C(C)(C)C)c2nc(N(CC3=CC3)CC3CC3)c(CN(Cc3cc(C(F)(F)F)cc(C(F)(F)F)c3)c3ncc(-c4ccn(C)n4)cn3)cc12. The van der Waals surface area contributed by atoms with Gasteiger partial charge >= 0.3 is 12.4 Å². The number of fused-ring (bicyclic) bond motifs is 1. The van der Waals surface area contributed by atoms with Gasteiger partial charge in [-0.1, -0.05) is 11.6 Å². The molecule has 0 aliphatic heterocycles. The van der Waals surface area contributed by atoms with E-state index in [0.29, 0.717) is 35.2 Å². The van der Waals surface area contributed by atoms with Crippen molar-refractivity contribution >= 4 is 22.8 Å². The van der Waals surface area contributed by atoms with Gasteiger partial charge in [0.05, 0.1) is 28.1 Å². The normalized spacial score (nSPS) is 14.9. The number of anilines is 2. The molecule has 0 radical (unpaired) electrons. The molecule has 0 N–H and O–H groups in total. The molecule has 274 valence electrons. The Morgan fingerprint density at radius 2 is 1.50 bits per heavy atom. The van der Waals surface area contributed by atoms with Crippen molar-refractivity contribution < 1.29 is 26.3 Å². The summed E-state index contributed by atoms with van der Waals surface area (Å²) < 4.78 is 87.2. The summed E-state index contributed by atoms with van der Waals surface area (Å²) in [6.07, 6.45) is 0.158. The maximum absolute atomic E-state index is 13.9. The Kier molecular flexibility index (Phi) is 8.81. The molecule has 9 nitrogen and oxygen atoms in total. The number of allylic oxidation sites excluding steroid dienone is 1. The summed E-state index contributed by atoms with van der Waals surface area (Å²) in [6, 6.07) is 5.42. The number of pyridine rings is 1. The molecule has 2 aliphatic carbocycles. The number of alkyl halides is 6. The number of aromatic nitrogens is 7. The third-order valence-electron chi connectivity index (χ3n) is 9.21. The molecule has 7 rings (SSSR count). The van der Waals surface area contributed by atoms with Crippen LogP contribution in [0.5, 0.6) is 0 Å². The second-order valence-electron chi connectivity index (χ2n) is 14.8. The van der Waals surface area contributed by atoms with E-state index in [9.17, 15) is 26.3 Å². The number of nitrogens with zero attached hydrogens (tertiary/aromatic N) is 9. The van der Waals surface area contributed by atoms with Crippen molar-refractivity contribution in [3.05, 3.63) is 88.5 Å². The van der Waals surface area contributed by atoms with E-state index in [0.717, 1.165) is 54.6 Å². The Morgan fingerprint density at radius 1 is 0.846 bits per heavy atom. The quantitative estimate of drug-likeness (QED) is 0.1000. The van der Waals surface area contributed by atoms with Gasteiger partial charge in [0.15, 0.2) is 5.65 Å². The van der Waals surface area contributed by atoms with Crippen LogP contribution in [-0.2, 0) is 38.0 Å². The average molecular weight is 724 g/mol. The van der Waals surface area contributed by atoms with Crippen molar-refractivity contribution in [2.45, 2.75) is 77.9 Å². The van der Waals surface area contributed by atoms with Gasteiger partial charge in [-0.25, -0.2) is 19.6 Å². The average Bonchev–Trinajstić information content (AvgIpc) is 4.00. The molecule has 5 aromatic rings. The molecular weight excluding hydrogens is 684 g/mol. The van der Waals surface area contributed by atoms with Gasteiger partial charge in [-0.15, -0.1) is 0 Å². The minimum absolute atomic E-state index is 0.0408. The van der Waals surface area contributed by atoms with E-state index in [1.54, 1.807) is 41.3 Å². The summed E-state index contributed by atoms with van der Waals surface area (Å²) in [5, 5.41) is 10.0. The molecule has 0 bridgehead atoms. The van der Waals surface area contributed by atoms with Crippen molar-refractivity contribution in [3.63, 3.8) is 0 Å². The Balaban J connectivity index is 1.37. The van der Waals surface area contributed by atoms with E-state index < -0.39 is 23.5 Å². The number of halogens is 6. The Hall–Kier alpha value is -4.95. The third-order valence-corrected chi connectivity index (χ3v) is 9.21. The van der Waals surface area contributed by atoms with Gasteiger partial charge in [0.1, 0.15) is 5.82 Å². The standard InChI is InChI=1S/C37H39F6N9/c1-22-30-14-26(32(46-33(30)52(47-22)35(2,3)4)50(18-23-6-7-23)19-24-8-9-24)21-51(34-44-16-27(17-45-34)31-10-11-49(5)48-31)20-25-12-28(36(38,39)40)15-29(13-25)37(41,42)43/h6,10-17,24H,7-9,18-21H2,1-5H3. The smallest absolute Gasteiger partial charge is 0.352 e. The largest absolute Gasteiger partial charge is 0.416 e. The van der Waals surface area contributed by atoms with Crippen LogP contribution in [0.4, 0.5) is 38.1 Å². The van der Waals surface area contributed by atoms with Crippen molar-refractivity contribution in [1.82, 2.24) is 34.5 Å². The van der Waals surface area contributed by atoms with Gasteiger partial charge in [0.2, 0.25) is 5.95 Å². The lowest BCUT2D eigenvalue weighted by molar-refractivity contribution is -0.143. The van der Waals surface area contributed by atoms with Crippen LogP contribution >= 0.6 is 0 Å². The fraction of sp³-hybridized carbons (Fsp3) is 0.432. The first-order valence-corrected chi connectivity index (χ1v) is 17.1. The van der Waals surface area contributed by atoms with E-state index >= 15 is 0 Å². The highest BCUT2D eigenvalue weighted by atomic mass is 19.4. The first-order valence-electron chi connectivity index (χ1n) is 17.1. The highest BCUT2D eigenvalue weighted by molar-refractivity contribution is 5.82. The molecule has 15 heteroatoms. The monoisotopic (exact) mass is 723 g/mol. The minimum atomic E-state index is -4.99. The molecule has 0 saturated heterocycles.